The maximum Gasteiger partial charge on any atom is 0.234 e. The summed E-state index contributed by atoms with van der Waals surface area (Å²) in [6.45, 7) is 2.10. The molecular formula is C19H21FN2OS. The Hall–Kier alpha value is -2.01. The molecule has 1 amide bonds. The lowest BCUT2D eigenvalue weighted by molar-refractivity contribution is -0.113. The Balaban J connectivity index is 1.52. The molecule has 1 saturated heterocycles. The Morgan fingerprint density at radius 1 is 1.08 bits per heavy atom. The van der Waals surface area contributed by atoms with Crippen LogP contribution in [0.15, 0.2) is 48.5 Å². The predicted octanol–water partition coefficient (Wildman–Crippen LogP) is 4.30. The maximum absolute atomic E-state index is 12.9. The predicted molar refractivity (Wildman–Crippen MR) is 99.1 cm³/mol. The van der Waals surface area contributed by atoms with Gasteiger partial charge in [0.1, 0.15) is 5.82 Å². The van der Waals surface area contributed by atoms with Crippen molar-refractivity contribution in [3.8, 4) is 0 Å². The second kappa shape index (κ2) is 8.20. The molecule has 1 aliphatic rings. The zero-order chi connectivity index (χ0) is 16.8. The van der Waals surface area contributed by atoms with Gasteiger partial charge in [0.2, 0.25) is 5.91 Å². The normalized spacial score (nSPS) is 14.0. The van der Waals surface area contributed by atoms with Crippen molar-refractivity contribution in [3.05, 3.63) is 59.9 Å². The zero-order valence-corrected chi connectivity index (χ0v) is 14.3. The lowest BCUT2D eigenvalue weighted by Crippen LogP contribution is -2.21. The molecule has 3 rings (SSSR count). The number of amides is 1. The molecule has 1 N–H and O–H groups in total. The topological polar surface area (TPSA) is 32.3 Å². The molecule has 0 radical (unpaired) electrons. The molecule has 0 aliphatic carbocycles. The zero-order valence-electron chi connectivity index (χ0n) is 13.5. The fraction of sp³-hybridized carbons (Fsp3) is 0.316. The lowest BCUT2D eigenvalue weighted by atomic mass is 10.2. The number of nitrogens with zero attached hydrogens (tertiary/aromatic N) is 1. The van der Waals surface area contributed by atoms with Crippen molar-refractivity contribution in [2.45, 2.75) is 18.6 Å². The van der Waals surface area contributed by atoms with Gasteiger partial charge in [-0.05, 0) is 42.7 Å². The summed E-state index contributed by atoms with van der Waals surface area (Å²) >= 11 is 1.53. The SMILES string of the molecule is O=C(CSCc1ccc(F)cc1)Nc1ccccc1N1CCCC1. The van der Waals surface area contributed by atoms with Gasteiger partial charge in [0, 0.05) is 18.8 Å². The molecule has 0 bridgehead atoms. The molecular weight excluding hydrogens is 323 g/mol. The highest BCUT2D eigenvalue weighted by Gasteiger charge is 2.16. The van der Waals surface area contributed by atoms with Crippen molar-refractivity contribution in [1.82, 2.24) is 0 Å². The first-order valence-electron chi connectivity index (χ1n) is 8.18. The molecule has 0 spiro atoms. The van der Waals surface area contributed by atoms with Gasteiger partial charge in [0.05, 0.1) is 17.1 Å². The van der Waals surface area contributed by atoms with Crippen LogP contribution in [0.5, 0.6) is 0 Å². The standard InChI is InChI=1S/C19H21FN2OS/c20-16-9-7-15(8-10-16)13-24-14-19(23)21-17-5-1-2-6-18(17)22-11-3-4-12-22/h1-2,5-10H,3-4,11-14H2,(H,21,23). The minimum atomic E-state index is -0.236. The van der Waals surface area contributed by atoms with Gasteiger partial charge in [-0.1, -0.05) is 24.3 Å². The number of carbonyl (C=O) groups is 1. The minimum Gasteiger partial charge on any atom is -0.370 e. The van der Waals surface area contributed by atoms with E-state index in [0.717, 1.165) is 30.0 Å². The number of para-hydroxylation sites is 2. The molecule has 126 valence electrons. The number of carbonyl (C=O) groups excluding carboxylic acids is 1. The Labute approximate surface area is 146 Å². The van der Waals surface area contributed by atoms with Crippen molar-refractivity contribution >= 4 is 29.0 Å². The molecule has 0 atom stereocenters. The Bertz CT molecular complexity index is 684. The summed E-state index contributed by atoms with van der Waals surface area (Å²) in [5, 5.41) is 3.02. The number of anilines is 2. The summed E-state index contributed by atoms with van der Waals surface area (Å²) in [5.74, 6) is 0.835. The van der Waals surface area contributed by atoms with E-state index in [2.05, 4.69) is 16.3 Å². The molecule has 5 heteroatoms. The van der Waals surface area contributed by atoms with Crippen molar-refractivity contribution in [2.75, 3.05) is 29.1 Å². The molecule has 1 heterocycles. The van der Waals surface area contributed by atoms with Crippen molar-refractivity contribution in [2.24, 2.45) is 0 Å². The fourth-order valence-corrected chi connectivity index (χ4v) is 3.63. The van der Waals surface area contributed by atoms with Crippen LogP contribution in [0, 0.1) is 5.82 Å². The Morgan fingerprint density at radius 2 is 1.79 bits per heavy atom. The lowest BCUT2D eigenvalue weighted by Gasteiger charge is -2.21. The second-order valence-corrected chi connectivity index (χ2v) is 6.86. The highest BCUT2D eigenvalue weighted by Crippen LogP contribution is 2.28. The van der Waals surface area contributed by atoms with Crippen LogP contribution in [0.1, 0.15) is 18.4 Å². The molecule has 0 unspecified atom stereocenters. The van der Waals surface area contributed by atoms with E-state index in [0.29, 0.717) is 11.5 Å². The molecule has 24 heavy (non-hydrogen) atoms. The van der Waals surface area contributed by atoms with Gasteiger partial charge >= 0.3 is 0 Å². The third kappa shape index (κ3) is 4.51. The van der Waals surface area contributed by atoms with Gasteiger partial charge in [0.25, 0.3) is 0 Å². The molecule has 0 aromatic heterocycles. The summed E-state index contributed by atoms with van der Waals surface area (Å²) in [4.78, 5) is 14.5. The molecule has 1 fully saturated rings. The van der Waals surface area contributed by atoms with E-state index in [-0.39, 0.29) is 11.7 Å². The van der Waals surface area contributed by atoms with Crippen LogP contribution < -0.4 is 10.2 Å². The van der Waals surface area contributed by atoms with Gasteiger partial charge in [-0.25, -0.2) is 4.39 Å². The van der Waals surface area contributed by atoms with Gasteiger partial charge in [-0.15, -0.1) is 11.8 Å². The number of halogens is 1. The summed E-state index contributed by atoms with van der Waals surface area (Å²) in [5.41, 5.74) is 3.00. The Morgan fingerprint density at radius 3 is 2.54 bits per heavy atom. The average Bonchev–Trinajstić information content (AvgIpc) is 3.11. The van der Waals surface area contributed by atoms with Crippen LogP contribution in [-0.2, 0) is 10.5 Å². The van der Waals surface area contributed by atoms with E-state index in [1.165, 1.54) is 36.7 Å². The number of nitrogens with one attached hydrogen (secondary N) is 1. The summed E-state index contributed by atoms with van der Waals surface area (Å²) in [6, 6.07) is 14.4. The van der Waals surface area contributed by atoms with Crippen molar-refractivity contribution < 1.29 is 9.18 Å². The van der Waals surface area contributed by atoms with Crippen molar-refractivity contribution in [3.63, 3.8) is 0 Å². The highest BCUT2D eigenvalue weighted by molar-refractivity contribution is 7.99. The van der Waals surface area contributed by atoms with Crippen LogP contribution >= 0.6 is 11.8 Å². The number of benzene rings is 2. The second-order valence-electron chi connectivity index (χ2n) is 5.88. The van der Waals surface area contributed by atoms with Gasteiger partial charge in [-0.3, -0.25) is 4.79 Å². The first-order valence-corrected chi connectivity index (χ1v) is 9.34. The summed E-state index contributed by atoms with van der Waals surface area (Å²) in [6.07, 6.45) is 2.41. The van der Waals surface area contributed by atoms with Gasteiger partial charge in [-0.2, -0.15) is 0 Å². The molecule has 0 saturated carbocycles. The van der Waals surface area contributed by atoms with E-state index < -0.39 is 0 Å². The quantitative estimate of drug-likeness (QED) is 0.848. The molecule has 2 aromatic rings. The molecule has 1 aliphatic heterocycles. The van der Waals surface area contributed by atoms with E-state index in [4.69, 9.17) is 0 Å². The minimum absolute atomic E-state index is 0.00578. The van der Waals surface area contributed by atoms with E-state index >= 15 is 0 Å². The monoisotopic (exact) mass is 344 g/mol. The first-order chi connectivity index (χ1) is 11.7. The smallest absolute Gasteiger partial charge is 0.234 e. The fourth-order valence-electron chi connectivity index (χ4n) is 2.84. The van der Waals surface area contributed by atoms with Crippen LogP contribution in [0.25, 0.3) is 0 Å². The maximum atomic E-state index is 12.9. The summed E-state index contributed by atoms with van der Waals surface area (Å²) < 4.78 is 12.9. The largest absolute Gasteiger partial charge is 0.370 e. The van der Waals surface area contributed by atoms with Crippen LogP contribution in [0.4, 0.5) is 15.8 Å². The Kier molecular flexibility index (Phi) is 5.75. The summed E-state index contributed by atoms with van der Waals surface area (Å²) in [7, 11) is 0. The van der Waals surface area contributed by atoms with E-state index in [1.54, 1.807) is 12.1 Å². The number of rotatable bonds is 6. The van der Waals surface area contributed by atoms with Crippen LogP contribution in [-0.4, -0.2) is 24.7 Å². The number of hydrogen-bond donors (Lipinski definition) is 1. The molecule has 3 nitrogen and oxygen atoms in total. The average molecular weight is 344 g/mol. The highest BCUT2D eigenvalue weighted by atomic mass is 32.2. The van der Waals surface area contributed by atoms with Crippen LogP contribution in [0.2, 0.25) is 0 Å². The van der Waals surface area contributed by atoms with Gasteiger partial charge < -0.3 is 10.2 Å². The van der Waals surface area contributed by atoms with Gasteiger partial charge in [0.15, 0.2) is 0 Å². The number of thioether (sulfide) groups is 1. The van der Waals surface area contributed by atoms with Crippen molar-refractivity contribution in [1.29, 1.82) is 0 Å². The number of hydrogen-bond acceptors (Lipinski definition) is 3. The molecule has 2 aromatic carbocycles. The third-order valence-electron chi connectivity index (χ3n) is 4.04. The van der Waals surface area contributed by atoms with E-state index in [9.17, 15) is 9.18 Å². The van der Waals surface area contributed by atoms with E-state index in [1.807, 2.05) is 18.2 Å². The first kappa shape index (κ1) is 16.8. The van der Waals surface area contributed by atoms with Crippen LogP contribution in [0.3, 0.4) is 0 Å². The third-order valence-corrected chi connectivity index (χ3v) is 5.04.